The van der Waals surface area contributed by atoms with E-state index >= 15 is 0 Å². The van der Waals surface area contributed by atoms with E-state index in [-0.39, 0.29) is 7.43 Å². The Hall–Kier alpha value is -4.34. The van der Waals surface area contributed by atoms with Crippen molar-refractivity contribution in [2.45, 2.75) is 12.8 Å². The van der Waals surface area contributed by atoms with Crippen LogP contribution in [0, 0.1) is 7.43 Å². The molecule has 1 heterocycles. The zero-order chi connectivity index (χ0) is 37.9. The van der Waals surface area contributed by atoms with Crippen molar-refractivity contribution in [3.63, 3.8) is 0 Å². The maximum atomic E-state index is 9.51. The van der Waals surface area contributed by atoms with Crippen LogP contribution in [0.1, 0.15) is 12.8 Å². The minimum atomic E-state index is -1.44. The molecule has 1 fully saturated rings. The second-order valence-corrected chi connectivity index (χ2v) is 16.4. The fourth-order valence-electron chi connectivity index (χ4n) is 7.54. The molecule has 278 valence electrons. The summed E-state index contributed by atoms with van der Waals surface area (Å²) in [6, 6.07) is 54.7. The van der Waals surface area contributed by atoms with E-state index in [1.807, 2.05) is 48.5 Å². The minimum absolute atomic E-state index is 0. The molecule has 0 spiro atoms. The van der Waals surface area contributed by atoms with Gasteiger partial charge in [-0.05, 0) is 130 Å². The molecule has 0 aliphatic carbocycles. The lowest BCUT2D eigenvalue weighted by Crippen LogP contribution is -2.30. The third-order valence-corrected chi connectivity index (χ3v) is 11.7. The summed E-state index contributed by atoms with van der Waals surface area (Å²) in [5.41, 5.74) is 3.11. The van der Waals surface area contributed by atoms with Crippen molar-refractivity contribution in [3.05, 3.63) is 179 Å². The Morgan fingerprint density at radius 3 is 1.23 bits per heavy atom. The maximum absolute atomic E-state index is 9.51. The van der Waals surface area contributed by atoms with Gasteiger partial charge in [-0.1, -0.05) is 169 Å². The van der Waals surface area contributed by atoms with E-state index in [1.54, 1.807) is 6.07 Å². The third-order valence-electron chi connectivity index (χ3n) is 10.2. The van der Waals surface area contributed by atoms with E-state index in [2.05, 4.69) is 151 Å². The number of hydrogen-bond acceptors (Lipinski definition) is 3. The van der Waals surface area contributed by atoms with Crippen molar-refractivity contribution < 1.29 is 14.8 Å². The Balaban J connectivity index is 0.000000130. The summed E-state index contributed by atoms with van der Waals surface area (Å²) in [5.74, 6) is 0. The SMILES string of the molecule is Brc1ccc(-c2ccc3ccc4cccc5ccc2c3c45)cc1.Brc1ccc(Br)cc1.C1CCOC1.OB(O)c1ccc2ccc3cccc4ccc1c2c34.[CH3-]. The average Bonchev–Trinajstić information content (AvgIpc) is 3.82. The third kappa shape index (κ3) is 8.35. The highest BCUT2D eigenvalue weighted by molar-refractivity contribution is 9.11. The van der Waals surface area contributed by atoms with Gasteiger partial charge in [-0.3, -0.25) is 0 Å². The Morgan fingerprint density at radius 1 is 0.411 bits per heavy atom. The minimum Gasteiger partial charge on any atom is -0.423 e. The van der Waals surface area contributed by atoms with Gasteiger partial charge in [0.15, 0.2) is 0 Å². The summed E-state index contributed by atoms with van der Waals surface area (Å²) < 4.78 is 8.28. The van der Waals surface area contributed by atoms with Gasteiger partial charge in [-0.25, -0.2) is 0 Å². The van der Waals surface area contributed by atoms with Crippen molar-refractivity contribution >= 4 is 125 Å². The van der Waals surface area contributed by atoms with E-state index in [4.69, 9.17) is 4.74 Å². The fraction of sp³-hybridized carbons (Fsp3) is 0.0816. The first-order chi connectivity index (χ1) is 26.9. The standard InChI is InChI=1S/C22H13Br.C16H11BO2.C6H4Br2.C4H8O.CH3/c23-18-10-6-14(7-11-18)19-12-8-17-5-4-15-2-1-3-16-9-13-20(19)22(17)21(15)16;18-17(19)14-9-7-12-5-4-10-2-1-3-11-6-8-13(14)16(12)15(10)11;7-5-1-2-6(8)4-3-5;1-2-4-5-3-1;/h1-13H;1-9,18-19H;1-4H;1-4H2;1H3/q;;;;-1. The van der Waals surface area contributed by atoms with Crippen LogP contribution in [0.25, 0.3) is 75.8 Å². The van der Waals surface area contributed by atoms with Gasteiger partial charge in [0.1, 0.15) is 0 Å². The van der Waals surface area contributed by atoms with Crippen LogP contribution in [0.3, 0.4) is 0 Å². The molecule has 11 rings (SSSR count). The second kappa shape index (κ2) is 17.9. The molecule has 2 N–H and O–H groups in total. The molecule has 1 aliphatic heterocycles. The highest BCUT2D eigenvalue weighted by Crippen LogP contribution is 2.39. The molecule has 56 heavy (non-hydrogen) atoms. The first-order valence-electron chi connectivity index (χ1n) is 18.3. The Kier molecular flexibility index (Phi) is 12.7. The van der Waals surface area contributed by atoms with Crippen molar-refractivity contribution in [2.75, 3.05) is 13.2 Å². The van der Waals surface area contributed by atoms with Crippen LogP contribution < -0.4 is 5.46 Å². The van der Waals surface area contributed by atoms with Crippen molar-refractivity contribution in [2.24, 2.45) is 0 Å². The van der Waals surface area contributed by atoms with E-state index in [0.29, 0.717) is 5.46 Å². The Morgan fingerprint density at radius 2 is 0.786 bits per heavy atom. The van der Waals surface area contributed by atoms with Gasteiger partial charge in [-0.2, -0.15) is 0 Å². The first kappa shape index (κ1) is 39.9. The second-order valence-electron chi connectivity index (χ2n) is 13.6. The number of rotatable bonds is 2. The van der Waals surface area contributed by atoms with Gasteiger partial charge in [0.05, 0.1) is 0 Å². The number of ether oxygens (including phenoxy) is 1. The van der Waals surface area contributed by atoms with Crippen LogP contribution in [-0.2, 0) is 4.74 Å². The molecule has 0 atom stereocenters. The monoisotopic (exact) mass is 923 g/mol. The molecule has 1 saturated heterocycles. The van der Waals surface area contributed by atoms with Crippen LogP contribution in [0.15, 0.2) is 171 Å². The number of halogens is 3. The van der Waals surface area contributed by atoms with Gasteiger partial charge < -0.3 is 22.2 Å². The number of hydrogen-bond donors (Lipinski definition) is 2. The van der Waals surface area contributed by atoms with Gasteiger partial charge in [0.25, 0.3) is 0 Å². The zero-order valence-electron chi connectivity index (χ0n) is 30.9. The van der Waals surface area contributed by atoms with Gasteiger partial charge in [0, 0.05) is 26.6 Å². The van der Waals surface area contributed by atoms with Gasteiger partial charge in [0.2, 0.25) is 0 Å². The molecule has 0 bridgehead atoms. The topological polar surface area (TPSA) is 49.7 Å². The maximum Gasteiger partial charge on any atom is 0.489 e. The average molecular weight is 926 g/mol. The molecular formula is C49H39BBr3O3-. The largest absolute Gasteiger partial charge is 0.489 e. The Bertz CT molecular complexity index is 2790. The molecule has 0 unspecified atom stereocenters. The van der Waals surface area contributed by atoms with Crippen LogP contribution in [0.4, 0.5) is 0 Å². The molecule has 1 aliphatic rings. The lowest BCUT2D eigenvalue weighted by molar-refractivity contribution is 0.198. The molecule has 7 heteroatoms. The summed E-state index contributed by atoms with van der Waals surface area (Å²) in [7, 11) is -1.44. The normalized spacial score (nSPS) is 12.2. The van der Waals surface area contributed by atoms with E-state index < -0.39 is 7.12 Å². The summed E-state index contributed by atoms with van der Waals surface area (Å²) in [5, 5.41) is 33.7. The van der Waals surface area contributed by atoms with Gasteiger partial charge in [-0.15, -0.1) is 0 Å². The summed E-state index contributed by atoms with van der Waals surface area (Å²) >= 11 is 10.2. The van der Waals surface area contributed by atoms with E-state index in [9.17, 15) is 10.0 Å². The highest BCUT2D eigenvalue weighted by Gasteiger charge is 2.17. The molecule has 0 radical (unpaired) electrons. The van der Waals surface area contributed by atoms with Crippen molar-refractivity contribution in [1.29, 1.82) is 0 Å². The van der Waals surface area contributed by atoms with Crippen LogP contribution in [-0.4, -0.2) is 30.4 Å². The quantitative estimate of drug-likeness (QED) is 0.103. The summed E-state index contributed by atoms with van der Waals surface area (Å²) in [6.45, 7) is 2.00. The highest BCUT2D eigenvalue weighted by atomic mass is 79.9. The molecule has 0 aromatic heterocycles. The molecule has 0 saturated carbocycles. The smallest absolute Gasteiger partial charge is 0.423 e. The van der Waals surface area contributed by atoms with E-state index in [1.165, 1.54) is 72.4 Å². The van der Waals surface area contributed by atoms with Gasteiger partial charge >= 0.3 is 7.12 Å². The van der Waals surface area contributed by atoms with Crippen molar-refractivity contribution in [1.82, 2.24) is 0 Å². The lowest BCUT2D eigenvalue weighted by Gasteiger charge is -2.14. The molecular weight excluding hydrogens is 887 g/mol. The first-order valence-corrected chi connectivity index (χ1v) is 20.7. The Labute approximate surface area is 353 Å². The molecule has 10 aromatic carbocycles. The molecule has 3 nitrogen and oxygen atoms in total. The zero-order valence-corrected chi connectivity index (χ0v) is 35.6. The van der Waals surface area contributed by atoms with Crippen molar-refractivity contribution in [3.8, 4) is 11.1 Å². The fourth-order valence-corrected chi connectivity index (χ4v) is 8.33. The molecule has 0 amide bonds. The van der Waals surface area contributed by atoms with Crippen LogP contribution in [0.2, 0.25) is 0 Å². The predicted octanol–water partition coefficient (Wildman–Crippen LogP) is 13.7. The predicted molar refractivity (Wildman–Crippen MR) is 252 cm³/mol. The van der Waals surface area contributed by atoms with Crippen LogP contribution in [0.5, 0.6) is 0 Å². The van der Waals surface area contributed by atoms with Crippen LogP contribution >= 0.6 is 47.8 Å². The lowest BCUT2D eigenvalue weighted by atomic mass is 9.75. The summed E-state index contributed by atoms with van der Waals surface area (Å²) in [6.07, 6.45) is 2.56. The number of benzene rings is 10. The summed E-state index contributed by atoms with van der Waals surface area (Å²) in [4.78, 5) is 0. The molecule has 10 aromatic rings. The van der Waals surface area contributed by atoms with E-state index in [0.717, 1.165) is 42.8 Å².